The Morgan fingerprint density at radius 1 is 1.43 bits per heavy atom. The molecule has 2 N–H and O–H groups in total. The van der Waals surface area contributed by atoms with Crippen molar-refractivity contribution in [3.8, 4) is 0 Å². The average molecular weight is 202 g/mol. The van der Waals surface area contributed by atoms with Crippen molar-refractivity contribution in [3.05, 3.63) is 0 Å². The molecule has 0 unspecified atom stereocenters. The molecular weight excluding hydrogens is 188 g/mol. The first-order valence-electron chi connectivity index (χ1n) is 4.01. The van der Waals surface area contributed by atoms with E-state index in [-0.39, 0.29) is 0 Å². The van der Waals surface area contributed by atoms with Crippen LogP contribution in [0.15, 0.2) is 0 Å². The van der Waals surface area contributed by atoms with Crippen LogP contribution >= 0.6 is 0 Å². The van der Waals surface area contributed by atoms with E-state index >= 15 is 0 Å². The van der Waals surface area contributed by atoms with Crippen molar-refractivity contribution in [2.45, 2.75) is 26.4 Å². The molecule has 0 aromatic carbocycles. The first-order chi connectivity index (χ1) is 6.28. The van der Waals surface area contributed by atoms with Crippen LogP contribution in [-0.2, 0) is 9.53 Å². The van der Waals surface area contributed by atoms with Gasteiger partial charge in [0.2, 0.25) is 0 Å². The topological polar surface area (TPSA) is 89.7 Å². The normalized spacial score (nSPS) is 10.5. The molecule has 6 nitrogen and oxygen atoms in total. The van der Waals surface area contributed by atoms with Gasteiger partial charge in [0, 0.05) is 0 Å². The fourth-order valence-electron chi connectivity index (χ4n) is 0.646. The number of nitrogens with two attached hydrogens (primary N) is 1. The van der Waals surface area contributed by atoms with Crippen LogP contribution in [0.25, 0.3) is 0 Å². The van der Waals surface area contributed by atoms with Gasteiger partial charge in [-0.3, -0.25) is 0 Å². The van der Waals surface area contributed by atoms with Gasteiger partial charge in [-0.1, -0.05) is 0 Å². The monoisotopic (exact) mass is 202 g/mol. The highest BCUT2D eigenvalue weighted by Crippen LogP contribution is 2.09. The predicted molar refractivity (Wildman–Crippen MR) is 48.6 cm³/mol. The van der Waals surface area contributed by atoms with Gasteiger partial charge in [-0.2, -0.15) is 0 Å². The largest absolute Gasteiger partial charge is 0.443 e. The quantitative estimate of drug-likeness (QED) is 0.660. The SMILES string of the molecule is CC(C)(C)OC(=O)N(CC=O)C(N)=O. The molecule has 0 spiro atoms. The number of urea groups is 1. The number of rotatable bonds is 2. The molecule has 0 fully saturated rings. The van der Waals surface area contributed by atoms with Crippen LogP contribution < -0.4 is 5.73 Å². The van der Waals surface area contributed by atoms with Crippen LogP contribution in [0.2, 0.25) is 0 Å². The fraction of sp³-hybridized carbons (Fsp3) is 0.625. The molecule has 0 saturated heterocycles. The average Bonchev–Trinajstić information content (AvgIpc) is 1.95. The van der Waals surface area contributed by atoms with E-state index in [4.69, 9.17) is 10.5 Å². The minimum Gasteiger partial charge on any atom is -0.443 e. The van der Waals surface area contributed by atoms with Crippen LogP contribution in [0.4, 0.5) is 9.59 Å². The Morgan fingerprint density at radius 2 is 1.93 bits per heavy atom. The molecule has 0 aliphatic heterocycles. The Labute approximate surface area is 82.0 Å². The molecule has 0 aromatic rings. The Bertz CT molecular complexity index is 244. The van der Waals surface area contributed by atoms with Gasteiger partial charge in [-0.15, -0.1) is 0 Å². The van der Waals surface area contributed by atoms with E-state index in [9.17, 15) is 14.4 Å². The van der Waals surface area contributed by atoms with Crippen LogP contribution in [-0.4, -0.2) is 35.5 Å². The number of imide groups is 1. The third kappa shape index (κ3) is 4.44. The number of amides is 3. The number of hydrogen-bond acceptors (Lipinski definition) is 4. The van der Waals surface area contributed by atoms with Gasteiger partial charge < -0.3 is 15.3 Å². The highest BCUT2D eigenvalue weighted by molar-refractivity contribution is 5.92. The van der Waals surface area contributed by atoms with E-state index in [1.807, 2.05) is 0 Å². The Kier molecular flexibility index (Phi) is 4.07. The van der Waals surface area contributed by atoms with Crippen LogP contribution in [0.5, 0.6) is 0 Å². The Hall–Kier alpha value is -1.59. The molecule has 3 amide bonds. The second-order valence-corrected chi connectivity index (χ2v) is 3.60. The second kappa shape index (κ2) is 4.59. The Morgan fingerprint density at radius 3 is 2.21 bits per heavy atom. The molecular formula is C8H14N2O4. The summed E-state index contributed by atoms with van der Waals surface area (Å²) in [6.45, 7) is 4.53. The van der Waals surface area contributed by atoms with Crippen molar-refractivity contribution in [1.29, 1.82) is 0 Å². The summed E-state index contributed by atoms with van der Waals surface area (Å²) in [7, 11) is 0. The molecule has 0 aliphatic carbocycles. The zero-order valence-corrected chi connectivity index (χ0v) is 8.44. The van der Waals surface area contributed by atoms with Crippen LogP contribution in [0.3, 0.4) is 0 Å². The van der Waals surface area contributed by atoms with Crippen molar-refractivity contribution >= 4 is 18.4 Å². The zero-order valence-electron chi connectivity index (χ0n) is 8.44. The van der Waals surface area contributed by atoms with E-state index in [1.165, 1.54) is 0 Å². The number of nitrogens with zero attached hydrogens (tertiary/aromatic N) is 1. The standard InChI is InChI=1S/C8H14N2O4/c1-8(2,3)14-7(13)10(4-5-11)6(9)12/h5H,4H2,1-3H3,(H2,9,12). The number of carbonyl (C=O) groups is 3. The molecule has 0 atom stereocenters. The van der Waals surface area contributed by atoms with Gasteiger partial charge in [0.1, 0.15) is 11.9 Å². The summed E-state index contributed by atoms with van der Waals surface area (Å²) in [6, 6.07) is -1.01. The summed E-state index contributed by atoms with van der Waals surface area (Å²) in [4.78, 5) is 32.6. The molecule has 0 heterocycles. The predicted octanol–water partition coefficient (Wildman–Crippen LogP) is 0.501. The van der Waals surface area contributed by atoms with Gasteiger partial charge in [-0.25, -0.2) is 14.5 Å². The summed E-state index contributed by atoms with van der Waals surface area (Å²) in [5, 5.41) is 0. The third-order valence-electron chi connectivity index (χ3n) is 1.14. The lowest BCUT2D eigenvalue weighted by Crippen LogP contribution is -2.44. The first kappa shape index (κ1) is 12.4. The van der Waals surface area contributed by atoms with Crippen LogP contribution in [0.1, 0.15) is 20.8 Å². The zero-order chi connectivity index (χ0) is 11.4. The van der Waals surface area contributed by atoms with Gasteiger partial charge in [0.15, 0.2) is 0 Å². The number of aldehydes is 1. The number of primary amides is 1. The molecule has 0 saturated carbocycles. The van der Waals surface area contributed by atoms with Gasteiger partial charge in [0.25, 0.3) is 0 Å². The van der Waals surface area contributed by atoms with E-state index in [1.54, 1.807) is 20.8 Å². The smallest absolute Gasteiger partial charge is 0.418 e. The lowest BCUT2D eigenvalue weighted by Gasteiger charge is -2.23. The van der Waals surface area contributed by atoms with Crippen molar-refractivity contribution < 1.29 is 19.1 Å². The summed E-state index contributed by atoms with van der Waals surface area (Å²) in [6.07, 6.45) is -0.522. The van der Waals surface area contributed by atoms with Crippen molar-refractivity contribution in [1.82, 2.24) is 4.90 Å². The summed E-state index contributed by atoms with van der Waals surface area (Å²) in [5.74, 6) is 0. The molecule has 6 heteroatoms. The molecule has 0 bridgehead atoms. The van der Waals surface area contributed by atoms with Gasteiger partial charge in [0.05, 0.1) is 6.54 Å². The van der Waals surface area contributed by atoms with E-state index in [0.717, 1.165) is 0 Å². The minimum absolute atomic E-state index is 0.397. The summed E-state index contributed by atoms with van der Waals surface area (Å²) < 4.78 is 4.84. The summed E-state index contributed by atoms with van der Waals surface area (Å²) in [5.41, 5.74) is 4.14. The molecule has 80 valence electrons. The molecule has 0 aliphatic rings. The van der Waals surface area contributed by atoms with Crippen LogP contribution in [0, 0.1) is 0 Å². The summed E-state index contributed by atoms with van der Waals surface area (Å²) >= 11 is 0. The van der Waals surface area contributed by atoms with Crippen molar-refractivity contribution in [2.24, 2.45) is 5.73 Å². The Balaban J connectivity index is 4.45. The van der Waals surface area contributed by atoms with Crippen molar-refractivity contribution in [2.75, 3.05) is 6.54 Å². The molecule has 0 radical (unpaired) electrons. The highest BCUT2D eigenvalue weighted by Gasteiger charge is 2.24. The highest BCUT2D eigenvalue weighted by atomic mass is 16.6. The maximum Gasteiger partial charge on any atom is 0.418 e. The number of hydrogen-bond donors (Lipinski definition) is 1. The lowest BCUT2D eigenvalue weighted by molar-refractivity contribution is -0.108. The first-order valence-corrected chi connectivity index (χ1v) is 4.01. The maximum atomic E-state index is 11.2. The lowest BCUT2D eigenvalue weighted by atomic mass is 10.2. The van der Waals surface area contributed by atoms with E-state index < -0.39 is 24.3 Å². The van der Waals surface area contributed by atoms with Crippen molar-refractivity contribution in [3.63, 3.8) is 0 Å². The van der Waals surface area contributed by atoms with Gasteiger partial charge in [-0.05, 0) is 20.8 Å². The molecule has 0 rings (SSSR count). The molecule has 14 heavy (non-hydrogen) atoms. The van der Waals surface area contributed by atoms with E-state index in [0.29, 0.717) is 11.2 Å². The molecule has 0 aromatic heterocycles. The van der Waals surface area contributed by atoms with E-state index in [2.05, 4.69) is 0 Å². The second-order valence-electron chi connectivity index (χ2n) is 3.60. The minimum atomic E-state index is -1.01. The van der Waals surface area contributed by atoms with Gasteiger partial charge >= 0.3 is 12.1 Å². The maximum absolute atomic E-state index is 11.2. The fourth-order valence-corrected chi connectivity index (χ4v) is 0.646. The number of carbonyl (C=O) groups excluding carboxylic acids is 3. The number of ether oxygens (including phenoxy) is 1. The third-order valence-corrected chi connectivity index (χ3v) is 1.14.